The van der Waals surface area contributed by atoms with E-state index in [1.165, 1.54) is 5.01 Å². The van der Waals surface area contributed by atoms with Gasteiger partial charge in [0, 0.05) is 16.7 Å². The van der Waals surface area contributed by atoms with Crippen LogP contribution in [0.15, 0.2) is 35.4 Å². The minimum absolute atomic E-state index is 0.131. The van der Waals surface area contributed by atoms with Gasteiger partial charge < -0.3 is 5.32 Å². The Morgan fingerprint density at radius 1 is 1.09 bits per heavy atom. The molecule has 2 N–H and O–H groups in total. The lowest BCUT2D eigenvalue weighted by atomic mass is 9.93. The number of nitrogens with one attached hydrogen (secondary N) is 2. The number of hydrogen-bond acceptors (Lipinski definition) is 6. The van der Waals surface area contributed by atoms with Crippen LogP contribution in [0.5, 0.6) is 0 Å². The maximum absolute atomic E-state index is 13.5. The number of sulfonamides is 1. The van der Waals surface area contributed by atoms with Gasteiger partial charge in [0.25, 0.3) is 0 Å². The van der Waals surface area contributed by atoms with E-state index in [9.17, 15) is 18.0 Å². The minimum Gasteiger partial charge on any atom is -0.303 e. The van der Waals surface area contributed by atoms with Crippen LogP contribution < -0.4 is 10.0 Å². The molecule has 1 unspecified atom stereocenters. The van der Waals surface area contributed by atoms with Crippen molar-refractivity contribution in [1.29, 1.82) is 0 Å². The molecule has 1 heterocycles. The van der Waals surface area contributed by atoms with E-state index < -0.39 is 25.7 Å². The Kier molecular flexibility index (Phi) is 8.65. The second-order valence-corrected chi connectivity index (χ2v) is 13.5. The van der Waals surface area contributed by atoms with Crippen molar-refractivity contribution in [2.45, 2.75) is 52.8 Å². The Morgan fingerprint density at radius 2 is 1.70 bits per heavy atom. The van der Waals surface area contributed by atoms with Gasteiger partial charge in [0.05, 0.1) is 12.3 Å². The van der Waals surface area contributed by atoms with E-state index in [2.05, 4.69) is 15.1 Å². The molecular formula is C22H33ClN4O4S2. The summed E-state index contributed by atoms with van der Waals surface area (Å²) in [6, 6.07) is 9.08. The Labute approximate surface area is 205 Å². The van der Waals surface area contributed by atoms with E-state index in [0.29, 0.717) is 12.0 Å². The van der Waals surface area contributed by atoms with E-state index >= 15 is 0 Å². The van der Waals surface area contributed by atoms with Gasteiger partial charge in [-0.1, -0.05) is 71.9 Å². The zero-order chi connectivity index (χ0) is 25.1. The first kappa shape index (κ1) is 27.6. The molecule has 33 heavy (non-hydrogen) atoms. The zero-order valence-electron chi connectivity index (χ0n) is 19.9. The molecule has 1 aromatic carbocycles. The van der Waals surface area contributed by atoms with E-state index in [-0.39, 0.29) is 35.2 Å². The summed E-state index contributed by atoms with van der Waals surface area (Å²) in [6.45, 7) is 10.5. The minimum atomic E-state index is -3.65. The topological polar surface area (TPSA) is 108 Å². The number of thioether (sulfide) groups is 1. The van der Waals surface area contributed by atoms with Crippen LogP contribution in [0.25, 0.3) is 0 Å². The molecular weight excluding hydrogens is 484 g/mol. The summed E-state index contributed by atoms with van der Waals surface area (Å²) in [4.78, 5) is 24.9. The van der Waals surface area contributed by atoms with Crippen LogP contribution in [0, 0.1) is 10.8 Å². The molecule has 0 spiro atoms. The van der Waals surface area contributed by atoms with Crippen LogP contribution in [-0.4, -0.2) is 48.6 Å². The lowest BCUT2D eigenvalue weighted by molar-refractivity contribution is -0.143. The Balaban J connectivity index is 2.54. The van der Waals surface area contributed by atoms with Crippen molar-refractivity contribution in [1.82, 2.24) is 15.0 Å². The maximum Gasteiger partial charge on any atom is 0.249 e. The highest BCUT2D eigenvalue weighted by Crippen LogP contribution is 2.46. The third-order valence-corrected chi connectivity index (χ3v) is 7.78. The van der Waals surface area contributed by atoms with Crippen molar-refractivity contribution < 1.29 is 18.0 Å². The Morgan fingerprint density at radius 3 is 2.21 bits per heavy atom. The molecule has 0 bridgehead atoms. The van der Waals surface area contributed by atoms with Gasteiger partial charge in [-0.3, -0.25) is 9.59 Å². The predicted molar refractivity (Wildman–Crippen MR) is 134 cm³/mol. The van der Waals surface area contributed by atoms with Crippen molar-refractivity contribution in [2.75, 3.05) is 18.2 Å². The summed E-state index contributed by atoms with van der Waals surface area (Å²) in [7, 11) is -3.65. The van der Waals surface area contributed by atoms with E-state index in [1.807, 2.05) is 30.3 Å². The van der Waals surface area contributed by atoms with Gasteiger partial charge in [-0.05, 0) is 23.7 Å². The van der Waals surface area contributed by atoms with E-state index in [0.717, 1.165) is 11.8 Å². The number of hydrazone groups is 1. The molecule has 0 fully saturated rings. The molecule has 8 nitrogen and oxygen atoms in total. The van der Waals surface area contributed by atoms with Gasteiger partial charge in [-0.15, -0.1) is 16.7 Å². The average Bonchev–Trinajstić information content (AvgIpc) is 3.09. The Hall–Kier alpha value is -1.62. The number of carbonyl (C=O) groups excluding carboxylic acids is 2. The molecule has 2 rings (SSSR count). The third kappa shape index (κ3) is 6.94. The lowest BCUT2D eigenvalue weighted by Gasteiger charge is -2.38. The Bertz CT molecular complexity index is 1000. The first-order chi connectivity index (χ1) is 15.1. The lowest BCUT2D eigenvalue weighted by Crippen LogP contribution is -2.52. The highest BCUT2D eigenvalue weighted by Gasteiger charge is 2.51. The fourth-order valence-corrected chi connectivity index (χ4v) is 5.55. The number of halogens is 1. The number of amides is 2. The second kappa shape index (κ2) is 10.3. The number of rotatable bonds is 7. The zero-order valence-corrected chi connectivity index (χ0v) is 22.3. The van der Waals surface area contributed by atoms with Crippen molar-refractivity contribution in [2.24, 2.45) is 15.9 Å². The SMILES string of the molecule is CC(C)(C)C(=O)NC1=NN(C(=O)C(C)(C)C)C(CNS(=O)(=O)CCCCl)(c2ccccc2)S1. The summed E-state index contributed by atoms with van der Waals surface area (Å²) in [5.41, 5.74) is -0.801. The smallest absolute Gasteiger partial charge is 0.249 e. The molecule has 0 saturated carbocycles. The number of hydrogen-bond donors (Lipinski definition) is 2. The molecule has 0 aliphatic carbocycles. The van der Waals surface area contributed by atoms with Crippen LogP contribution >= 0.6 is 23.4 Å². The molecule has 0 aromatic heterocycles. The van der Waals surface area contributed by atoms with Crippen LogP contribution in [0.4, 0.5) is 0 Å². The van der Waals surface area contributed by atoms with Gasteiger partial charge in [0.2, 0.25) is 21.8 Å². The average molecular weight is 517 g/mol. The molecule has 184 valence electrons. The van der Waals surface area contributed by atoms with Crippen molar-refractivity contribution >= 4 is 50.4 Å². The molecule has 1 atom stereocenters. The van der Waals surface area contributed by atoms with Gasteiger partial charge in [-0.25, -0.2) is 18.1 Å². The van der Waals surface area contributed by atoms with E-state index in [1.54, 1.807) is 41.5 Å². The number of benzene rings is 1. The molecule has 1 aromatic rings. The maximum atomic E-state index is 13.5. The normalized spacial score (nSPS) is 19.4. The largest absolute Gasteiger partial charge is 0.303 e. The molecule has 0 saturated heterocycles. The summed E-state index contributed by atoms with van der Waals surface area (Å²) in [5, 5.41) is 8.81. The van der Waals surface area contributed by atoms with Gasteiger partial charge in [0.15, 0.2) is 10.0 Å². The number of alkyl halides is 1. The molecule has 1 aliphatic heterocycles. The molecule has 2 amide bonds. The van der Waals surface area contributed by atoms with Crippen molar-refractivity contribution in [3.63, 3.8) is 0 Å². The highest BCUT2D eigenvalue weighted by molar-refractivity contribution is 8.14. The standard InChI is InChI=1S/C22H33ClN4O4S2/c1-20(2,3)17(28)25-19-26-27(18(29)21(4,5)6)22(32-19,16-11-8-7-9-12-16)15-24-33(30,31)14-10-13-23/h7-9,11-12,24H,10,13-15H2,1-6H3,(H,25,26,28). The number of carbonyl (C=O) groups is 2. The third-order valence-electron chi connectivity index (χ3n) is 4.84. The molecule has 1 aliphatic rings. The fourth-order valence-electron chi connectivity index (χ4n) is 2.87. The van der Waals surface area contributed by atoms with Gasteiger partial charge >= 0.3 is 0 Å². The first-order valence-electron chi connectivity index (χ1n) is 10.6. The van der Waals surface area contributed by atoms with Crippen molar-refractivity contribution in [3.05, 3.63) is 35.9 Å². The summed E-state index contributed by atoms with van der Waals surface area (Å²) in [5.74, 6) is -0.476. The molecule has 11 heteroatoms. The highest BCUT2D eigenvalue weighted by atomic mass is 35.5. The van der Waals surface area contributed by atoms with E-state index in [4.69, 9.17) is 11.6 Å². The van der Waals surface area contributed by atoms with Crippen molar-refractivity contribution in [3.8, 4) is 0 Å². The number of amidine groups is 1. The van der Waals surface area contributed by atoms with Gasteiger partial charge in [-0.2, -0.15) is 0 Å². The van der Waals surface area contributed by atoms with Crippen LogP contribution in [0.2, 0.25) is 0 Å². The quantitative estimate of drug-likeness (QED) is 0.540. The summed E-state index contributed by atoms with van der Waals surface area (Å²) < 4.78 is 27.8. The summed E-state index contributed by atoms with van der Waals surface area (Å²) in [6.07, 6.45) is 0.302. The summed E-state index contributed by atoms with van der Waals surface area (Å²) >= 11 is 6.81. The number of nitrogens with zero attached hydrogens (tertiary/aromatic N) is 2. The second-order valence-electron chi connectivity index (χ2n) is 9.91. The van der Waals surface area contributed by atoms with Gasteiger partial charge in [0.1, 0.15) is 0 Å². The van der Waals surface area contributed by atoms with Crippen LogP contribution in [-0.2, 0) is 24.5 Å². The van der Waals surface area contributed by atoms with Crippen LogP contribution in [0.1, 0.15) is 53.5 Å². The van der Waals surface area contributed by atoms with Crippen LogP contribution in [0.3, 0.4) is 0 Å². The fraction of sp³-hybridized carbons (Fsp3) is 0.591. The predicted octanol–water partition coefficient (Wildman–Crippen LogP) is 3.44. The molecule has 0 radical (unpaired) electrons. The first-order valence-corrected chi connectivity index (χ1v) is 13.7. The monoisotopic (exact) mass is 516 g/mol.